The standard InChI is InChI=1S/C12H19BrN2S/c1-8-5-10(14)3-4-15(8)7-11-6-12(13)9(2)16-11/h6,8,10H,3-5,7,14H2,1-2H3. The number of rotatable bonds is 2. The first kappa shape index (κ1) is 12.6. The second kappa shape index (κ2) is 5.17. The summed E-state index contributed by atoms with van der Waals surface area (Å²) in [7, 11) is 0. The Balaban J connectivity index is 1.99. The number of piperidine rings is 1. The van der Waals surface area contributed by atoms with E-state index in [1.54, 1.807) is 0 Å². The third kappa shape index (κ3) is 2.86. The molecule has 0 amide bonds. The zero-order valence-corrected chi connectivity index (χ0v) is 12.3. The summed E-state index contributed by atoms with van der Waals surface area (Å²) in [4.78, 5) is 5.37. The molecule has 90 valence electrons. The Hall–Kier alpha value is 0.100. The molecule has 4 heteroatoms. The van der Waals surface area contributed by atoms with Crippen LogP contribution in [0.25, 0.3) is 0 Å². The van der Waals surface area contributed by atoms with E-state index in [0.717, 1.165) is 25.9 Å². The lowest BCUT2D eigenvalue weighted by molar-refractivity contribution is 0.141. The highest BCUT2D eigenvalue weighted by molar-refractivity contribution is 9.10. The van der Waals surface area contributed by atoms with Crippen LogP contribution in [0, 0.1) is 6.92 Å². The van der Waals surface area contributed by atoms with E-state index in [0.29, 0.717) is 12.1 Å². The fourth-order valence-corrected chi connectivity index (χ4v) is 3.92. The first-order valence-electron chi connectivity index (χ1n) is 5.80. The normalized spacial score (nSPS) is 27.2. The lowest BCUT2D eigenvalue weighted by Gasteiger charge is -2.36. The van der Waals surface area contributed by atoms with Gasteiger partial charge in [0.05, 0.1) is 0 Å². The zero-order chi connectivity index (χ0) is 11.7. The summed E-state index contributed by atoms with van der Waals surface area (Å²) in [5, 5.41) is 0. The van der Waals surface area contributed by atoms with Gasteiger partial charge in [0, 0.05) is 39.4 Å². The monoisotopic (exact) mass is 302 g/mol. The third-order valence-corrected chi connectivity index (χ3v) is 5.44. The summed E-state index contributed by atoms with van der Waals surface area (Å²) in [6.45, 7) is 6.66. The molecule has 1 saturated heterocycles. The average Bonchev–Trinajstić information content (AvgIpc) is 2.51. The first-order chi connectivity index (χ1) is 7.56. The lowest BCUT2D eigenvalue weighted by atomic mass is 9.99. The molecule has 1 fully saturated rings. The molecule has 16 heavy (non-hydrogen) atoms. The Morgan fingerprint density at radius 3 is 2.94 bits per heavy atom. The average molecular weight is 303 g/mol. The summed E-state index contributed by atoms with van der Waals surface area (Å²) in [5.41, 5.74) is 5.98. The number of thiophene rings is 1. The second-order valence-electron chi connectivity index (χ2n) is 4.72. The number of nitrogens with two attached hydrogens (primary N) is 1. The quantitative estimate of drug-likeness (QED) is 0.909. The molecule has 0 aromatic carbocycles. The Labute approximate surface area is 110 Å². The first-order valence-corrected chi connectivity index (χ1v) is 7.41. The van der Waals surface area contributed by atoms with Crippen molar-refractivity contribution in [3.8, 4) is 0 Å². The molecule has 1 aromatic heterocycles. The van der Waals surface area contributed by atoms with Crippen molar-refractivity contribution in [1.82, 2.24) is 4.90 Å². The van der Waals surface area contributed by atoms with Gasteiger partial charge in [0.15, 0.2) is 0 Å². The number of likely N-dealkylation sites (tertiary alicyclic amines) is 1. The van der Waals surface area contributed by atoms with Crippen molar-refractivity contribution in [3.63, 3.8) is 0 Å². The Kier molecular flexibility index (Phi) is 4.06. The maximum Gasteiger partial charge on any atom is 0.0331 e. The molecule has 0 spiro atoms. The van der Waals surface area contributed by atoms with Gasteiger partial charge >= 0.3 is 0 Å². The van der Waals surface area contributed by atoms with Crippen LogP contribution in [0.2, 0.25) is 0 Å². The Morgan fingerprint density at radius 1 is 1.62 bits per heavy atom. The van der Waals surface area contributed by atoms with Crippen LogP contribution in [0.1, 0.15) is 29.5 Å². The third-order valence-electron chi connectivity index (χ3n) is 3.32. The lowest BCUT2D eigenvalue weighted by Crippen LogP contribution is -2.44. The molecule has 2 rings (SSSR count). The van der Waals surface area contributed by atoms with E-state index in [1.807, 2.05) is 11.3 Å². The largest absolute Gasteiger partial charge is 0.328 e. The van der Waals surface area contributed by atoms with Gasteiger partial charge in [-0.3, -0.25) is 4.90 Å². The maximum atomic E-state index is 5.98. The Bertz CT molecular complexity index is 344. The molecule has 2 atom stereocenters. The van der Waals surface area contributed by atoms with Gasteiger partial charge in [0.2, 0.25) is 0 Å². The van der Waals surface area contributed by atoms with Crippen LogP contribution in [0.15, 0.2) is 10.5 Å². The van der Waals surface area contributed by atoms with Crippen LogP contribution in [-0.4, -0.2) is 23.5 Å². The van der Waals surface area contributed by atoms with Crippen LogP contribution in [0.3, 0.4) is 0 Å². The van der Waals surface area contributed by atoms with Crippen LogP contribution >= 0.6 is 27.3 Å². The molecule has 0 aliphatic carbocycles. The second-order valence-corrected chi connectivity index (χ2v) is 6.92. The van der Waals surface area contributed by atoms with Crippen molar-refractivity contribution in [1.29, 1.82) is 0 Å². The van der Waals surface area contributed by atoms with Gasteiger partial charge in [-0.2, -0.15) is 0 Å². The molecule has 0 saturated carbocycles. The zero-order valence-electron chi connectivity index (χ0n) is 9.87. The van der Waals surface area contributed by atoms with Crippen molar-refractivity contribution in [2.75, 3.05) is 6.54 Å². The number of hydrogen-bond acceptors (Lipinski definition) is 3. The highest BCUT2D eigenvalue weighted by Crippen LogP contribution is 2.28. The molecule has 2 N–H and O–H groups in total. The molecule has 1 aliphatic rings. The van der Waals surface area contributed by atoms with Gasteiger partial charge in [-0.15, -0.1) is 11.3 Å². The summed E-state index contributed by atoms with van der Waals surface area (Å²) in [6.07, 6.45) is 2.27. The van der Waals surface area contributed by atoms with Crippen LogP contribution in [0.4, 0.5) is 0 Å². The topological polar surface area (TPSA) is 29.3 Å². The highest BCUT2D eigenvalue weighted by atomic mass is 79.9. The predicted octanol–water partition coefficient (Wildman–Crippen LogP) is 3.13. The van der Waals surface area contributed by atoms with E-state index in [1.165, 1.54) is 14.2 Å². The van der Waals surface area contributed by atoms with Gasteiger partial charge in [-0.1, -0.05) is 0 Å². The summed E-state index contributed by atoms with van der Waals surface area (Å²) in [6, 6.07) is 3.27. The van der Waals surface area contributed by atoms with E-state index in [2.05, 4.69) is 40.7 Å². The van der Waals surface area contributed by atoms with Gasteiger partial charge in [0.1, 0.15) is 0 Å². The predicted molar refractivity (Wildman–Crippen MR) is 73.8 cm³/mol. The molecular weight excluding hydrogens is 284 g/mol. The van der Waals surface area contributed by atoms with Gasteiger partial charge in [0.25, 0.3) is 0 Å². The smallest absolute Gasteiger partial charge is 0.0331 e. The fraction of sp³-hybridized carbons (Fsp3) is 0.667. The molecule has 2 unspecified atom stereocenters. The number of halogens is 1. The molecule has 0 radical (unpaired) electrons. The van der Waals surface area contributed by atoms with Crippen LogP contribution in [-0.2, 0) is 6.54 Å². The maximum absolute atomic E-state index is 5.98. The molecule has 0 bridgehead atoms. The van der Waals surface area contributed by atoms with Crippen molar-refractivity contribution in [2.24, 2.45) is 5.73 Å². The Morgan fingerprint density at radius 2 is 2.38 bits per heavy atom. The fourth-order valence-electron chi connectivity index (χ4n) is 2.29. The molecule has 2 heterocycles. The van der Waals surface area contributed by atoms with Crippen molar-refractivity contribution < 1.29 is 0 Å². The van der Waals surface area contributed by atoms with Crippen molar-refractivity contribution in [3.05, 3.63) is 20.3 Å². The van der Waals surface area contributed by atoms with Crippen molar-refractivity contribution in [2.45, 2.75) is 45.3 Å². The van der Waals surface area contributed by atoms with E-state index in [-0.39, 0.29) is 0 Å². The minimum absolute atomic E-state index is 0.406. The molecule has 1 aliphatic heterocycles. The summed E-state index contributed by atoms with van der Waals surface area (Å²) >= 11 is 5.47. The van der Waals surface area contributed by atoms with E-state index >= 15 is 0 Å². The van der Waals surface area contributed by atoms with E-state index < -0.39 is 0 Å². The minimum atomic E-state index is 0.406. The molecular formula is C12H19BrN2S. The molecule has 1 aromatic rings. The van der Waals surface area contributed by atoms with Gasteiger partial charge in [-0.25, -0.2) is 0 Å². The van der Waals surface area contributed by atoms with Crippen LogP contribution in [0.5, 0.6) is 0 Å². The van der Waals surface area contributed by atoms with Crippen LogP contribution < -0.4 is 5.73 Å². The summed E-state index contributed by atoms with van der Waals surface area (Å²) in [5.74, 6) is 0. The number of hydrogen-bond donors (Lipinski definition) is 1. The minimum Gasteiger partial charge on any atom is -0.328 e. The molecule has 2 nitrogen and oxygen atoms in total. The van der Waals surface area contributed by atoms with E-state index in [9.17, 15) is 0 Å². The van der Waals surface area contributed by atoms with E-state index in [4.69, 9.17) is 5.73 Å². The number of nitrogens with zero attached hydrogens (tertiary/aromatic N) is 1. The highest BCUT2D eigenvalue weighted by Gasteiger charge is 2.23. The number of aryl methyl sites for hydroxylation is 1. The summed E-state index contributed by atoms with van der Waals surface area (Å²) < 4.78 is 1.24. The van der Waals surface area contributed by atoms with Gasteiger partial charge < -0.3 is 5.73 Å². The SMILES string of the molecule is Cc1sc(CN2CCC(N)CC2C)cc1Br. The van der Waals surface area contributed by atoms with Crippen molar-refractivity contribution >= 4 is 27.3 Å². The van der Waals surface area contributed by atoms with Gasteiger partial charge in [-0.05, 0) is 48.7 Å².